The van der Waals surface area contributed by atoms with Gasteiger partial charge >= 0.3 is 5.97 Å². The molecule has 0 spiro atoms. The van der Waals surface area contributed by atoms with E-state index < -0.39 is 11.8 Å². The van der Waals surface area contributed by atoms with E-state index in [1.807, 2.05) is 12.1 Å². The molecule has 0 radical (unpaired) electrons. The molecule has 2 nitrogen and oxygen atoms in total. The quantitative estimate of drug-likeness (QED) is 0.224. The van der Waals surface area contributed by atoms with Crippen molar-refractivity contribution < 1.29 is 13.9 Å². The van der Waals surface area contributed by atoms with Crippen molar-refractivity contribution in [3.05, 3.63) is 106 Å². The molecular formula is C33H37FO2. The van der Waals surface area contributed by atoms with Gasteiger partial charge in [0, 0.05) is 5.56 Å². The van der Waals surface area contributed by atoms with E-state index in [0.29, 0.717) is 11.5 Å². The second kappa shape index (κ2) is 12.7. The fourth-order valence-electron chi connectivity index (χ4n) is 5.16. The maximum absolute atomic E-state index is 14.7. The molecule has 0 aromatic heterocycles. The monoisotopic (exact) mass is 484 g/mol. The average Bonchev–Trinajstić information content (AvgIpc) is 2.90. The molecule has 1 atom stereocenters. The molecular weight excluding hydrogens is 447 g/mol. The summed E-state index contributed by atoms with van der Waals surface area (Å²) in [6.45, 7) is 4.45. The highest BCUT2D eigenvalue weighted by molar-refractivity contribution is 5.90. The third-order valence-electron chi connectivity index (χ3n) is 7.35. The Morgan fingerprint density at radius 2 is 1.69 bits per heavy atom. The van der Waals surface area contributed by atoms with Crippen LogP contribution in [0.2, 0.25) is 0 Å². The van der Waals surface area contributed by atoms with Crippen LogP contribution in [0, 0.1) is 11.7 Å². The number of carbonyl (C=O) groups excluding carboxylic acids is 1. The van der Waals surface area contributed by atoms with E-state index in [4.69, 9.17) is 4.74 Å². The molecule has 0 N–H and O–H groups in total. The highest BCUT2D eigenvalue weighted by Gasteiger charge is 2.24. The lowest BCUT2D eigenvalue weighted by Gasteiger charge is -2.28. The first-order valence-electron chi connectivity index (χ1n) is 13.3. The second-order valence-corrected chi connectivity index (χ2v) is 10.2. The Bertz CT molecular complexity index is 1140. The summed E-state index contributed by atoms with van der Waals surface area (Å²) in [7, 11) is 0. The summed E-state index contributed by atoms with van der Waals surface area (Å²) in [5.74, 6) is 0.356. The van der Waals surface area contributed by atoms with Crippen LogP contribution in [0.3, 0.4) is 0 Å². The van der Waals surface area contributed by atoms with Crippen LogP contribution < -0.4 is 0 Å². The van der Waals surface area contributed by atoms with E-state index in [9.17, 15) is 9.18 Å². The minimum Gasteiger partial charge on any atom is -0.459 e. The number of carbonyl (C=O) groups is 1. The summed E-state index contributed by atoms with van der Waals surface area (Å²) in [6.07, 6.45) is 11.1. The standard InChI is InChI=1S/C33H37FO2/c1-3-7-25-15-20-31(21-16-25)36-33(35)30-19-18-29(32(34)23-30)17-14-26-10-12-27(13-11-26)22-24(2)28-8-5-4-6-9-28/h4-6,8-14,17-19,23-25,31H,3,7,15-16,20-22H2,1-2H3/t24-,25?,31?/m1/s1. The topological polar surface area (TPSA) is 26.3 Å². The summed E-state index contributed by atoms with van der Waals surface area (Å²) < 4.78 is 20.4. The first-order valence-corrected chi connectivity index (χ1v) is 13.3. The number of esters is 1. The number of benzene rings is 3. The van der Waals surface area contributed by atoms with Crippen LogP contribution in [-0.4, -0.2) is 12.1 Å². The van der Waals surface area contributed by atoms with Gasteiger partial charge in [-0.05, 0) is 72.8 Å². The Morgan fingerprint density at radius 3 is 2.36 bits per heavy atom. The Hall–Kier alpha value is -3.20. The zero-order chi connectivity index (χ0) is 25.3. The van der Waals surface area contributed by atoms with E-state index in [1.165, 1.54) is 30.0 Å². The van der Waals surface area contributed by atoms with Crippen molar-refractivity contribution in [1.29, 1.82) is 0 Å². The molecule has 0 aliphatic heterocycles. The van der Waals surface area contributed by atoms with Gasteiger partial charge in [-0.3, -0.25) is 0 Å². The average molecular weight is 485 g/mol. The molecule has 0 saturated heterocycles. The van der Waals surface area contributed by atoms with Crippen molar-refractivity contribution in [2.24, 2.45) is 5.92 Å². The number of hydrogen-bond acceptors (Lipinski definition) is 2. The molecule has 1 fully saturated rings. The minimum absolute atomic E-state index is 0.0492. The van der Waals surface area contributed by atoms with E-state index >= 15 is 0 Å². The largest absolute Gasteiger partial charge is 0.459 e. The van der Waals surface area contributed by atoms with Crippen LogP contribution in [-0.2, 0) is 11.2 Å². The summed E-state index contributed by atoms with van der Waals surface area (Å²) in [6, 6.07) is 23.5. The molecule has 188 valence electrons. The smallest absolute Gasteiger partial charge is 0.338 e. The molecule has 0 bridgehead atoms. The van der Waals surface area contributed by atoms with Crippen molar-refractivity contribution in [3.8, 4) is 0 Å². The molecule has 1 saturated carbocycles. The first kappa shape index (κ1) is 25.9. The van der Waals surface area contributed by atoms with Gasteiger partial charge < -0.3 is 4.74 Å². The summed E-state index contributed by atoms with van der Waals surface area (Å²) in [4.78, 5) is 12.6. The molecule has 1 aliphatic rings. The molecule has 1 aliphatic carbocycles. The SMILES string of the molecule is CCCC1CCC(OC(=O)c2ccc(C=Cc3ccc(C[C@@H](C)c4ccccc4)cc3)c(F)c2)CC1. The molecule has 36 heavy (non-hydrogen) atoms. The fourth-order valence-corrected chi connectivity index (χ4v) is 5.16. The lowest BCUT2D eigenvalue weighted by molar-refractivity contribution is 0.0161. The van der Waals surface area contributed by atoms with E-state index in [-0.39, 0.29) is 11.7 Å². The van der Waals surface area contributed by atoms with Gasteiger partial charge in [0.15, 0.2) is 0 Å². The zero-order valence-corrected chi connectivity index (χ0v) is 21.5. The molecule has 3 aromatic carbocycles. The Balaban J connectivity index is 1.31. The van der Waals surface area contributed by atoms with Crippen molar-refractivity contribution in [2.75, 3.05) is 0 Å². The van der Waals surface area contributed by atoms with Crippen LogP contribution in [0.25, 0.3) is 12.2 Å². The van der Waals surface area contributed by atoms with Crippen molar-refractivity contribution in [1.82, 2.24) is 0 Å². The zero-order valence-electron chi connectivity index (χ0n) is 21.5. The third kappa shape index (κ3) is 7.16. The third-order valence-corrected chi connectivity index (χ3v) is 7.35. The lowest BCUT2D eigenvalue weighted by atomic mass is 9.85. The molecule has 0 heterocycles. The normalized spacial score (nSPS) is 18.8. The summed E-state index contributed by atoms with van der Waals surface area (Å²) in [5.41, 5.74) is 4.35. The molecule has 3 aromatic rings. The van der Waals surface area contributed by atoms with Gasteiger partial charge in [-0.25, -0.2) is 9.18 Å². The van der Waals surface area contributed by atoms with E-state index in [1.54, 1.807) is 18.2 Å². The predicted molar refractivity (Wildman–Crippen MR) is 146 cm³/mol. The molecule has 3 heteroatoms. The van der Waals surface area contributed by atoms with Gasteiger partial charge in [-0.1, -0.05) is 99.5 Å². The van der Waals surface area contributed by atoms with Crippen LogP contribution >= 0.6 is 0 Å². The highest BCUT2D eigenvalue weighted by Crippen LogP contribution is 2.30. The summed E-state index contributed by atoms with van der Waals surface area (Å²) in [5, 5.41) is 0. The number of rotatable bonds is 9. The Kier molecular flexibility index (Phi) is 9.11. The van der Waals surface area contributed by atoms with Gasteiger partial charge in [0.2, 0.25) is 0 Å². The van der Waals surface area contributed by atoms with Crippen LogP contribution in [0.4, 0.5) is 4.39 Å². The van der Waals surface area contributed by atoms with Gasteiger partial charge in [0.1, 0.15) is 11.9 Å². The summed E-state index contributed by atoms with van der Waals surface area (Å²) >= 11 is 0. The van der Waals surface area contributed by atoms with Gasteiger partial charge in [0.05, 0.1) is 5.56 Å². The number of hydrogen-bond donors (Lipinski definition) is 0. The minimum atomic E-state index is -0.427. The first-order chi connectivity index (χ1) is 17.5. The van der Waals surface area contributed by atoms with Crippen molar-refractivity contribution >= 4 is 18.1 Å². The maximum Gasteiger partial charge on any atom is 0.338 e. The maximum atomic E-state index is 14.7. The van der Waals surface area contributed by atoms with Gasteiger partial charge in [0.25, 0.3) is 0 Å². The number of ether oxygens (including phenoxy) is 1. The van der Waals surface area contributed by atoms with Crippen LogP contribution in [0.1, 0.15) is 90.9 Å². The van der Waals surface area contributed by atoms with Gasteiger partial charge in [-0.2, -0.15) is 0 Å². The van der Waals surface area contributed by atoms with Crippen molar-refractivity contribution in [2.45, 2.75) is 70.8 Å². The Labute approximate surface area is 215 Å². The fraction of sp³-hybridized carbons (Fsp3) is 0.364. The van der Waals surface area contributed by atoms with E-state index in [0.717, 1.165) is 43.6 Å². The second-order valence-electron chi connectivity index (χ2n) is 10.2. The lowest BCUT2D eigenvalue weighted by Crippen LogP contribution is -2.24. The van der Waals surface area contributed by atoms with Gasteiger partial charge in [-0.15, -0.1) is 0 Å². The molecule has 4 rings (SSSR count). The highest BCUT2D eigenvalue weighted by atomic mass is 19.1. The van der Waals surface area contributed by atoms with Crippen molar-refractivity contribution in [3.63, 3.8) is 0 Å². The number of halogens is 1. The molecule has 0 unspecified atom stereocenters. The van der Waals surface area contributed by atoms with Crippen LogP contribution in [0.5, 0.6) is 0 Å². The van der Waals surface area contributed by atoms with E-state index in [2.05, 4.69) is 62.4 Å². The van der Waals surface area contributed by atoms with Crippen LogP contribution in [0.15, 0.2) is 72.8 Å². The Morgan fingerprint density at radius 1 is 0.972 bits per heavy atom. The molecule has 0 amide bonds. The predicted octanol–water partition coefficient (Wildman–Crippen LogP) is 8.86.